The maximum absolute atomic E-state index is 13.3. The lowest BCUT2D eigenvalue weighted by Gasteiger charge is -2.26. The SMILES string of the molecule is Cc1cc2nccc(C3CCCN3C(=O)c3cnc(N(C)C)nc3C)n2n1. The Bertz CT molecular complexity index is 1010. The number of aromatic nitrogens is 5. The van der Waals surface area contributed by atoms with Crippen LogP contribution in [0, 0.1) is 13.8 Å². The van der Waals surface area contributed by atoms with Crippen LogP contribution in [0.15, 0.2) is 24.5 Å². The molecule has 4 rings (SSSR count). The van der Waals surface area contributed by atoms with E-state index in [1.165, 1.54) is 0 Å². The number of carbonyl (C=O) groups is 1. The minimum Gasteiger partial charge on any atom is -0.347 e. The third kappa shape index (κ3) is 3.01. The van der Waals surface area contributed by atoms with E-state index in [2.05, 4.69) is 20.1 Å². The standard InChI is InChI=1S/C19H23N7O/c1-12-10-17-20-8-7-16(26(17)23-12)15-6-5-9-25(15)18(27)14-11-21-19(24(3)4)22-13(14)2/h7-8,10-11,15H,5-6,9H2,1-4H3. The highest BCUT2D eigenvalue weighted by Crippen LogP contribution is 2.33. The van der Waals surface area contributed by atoms with Crippen molar-refractivity contribution in [2.75, 3.05) is 25.5 Å². The average molecular weight is 365 g/mol. The van der Waals surface area contributed by atoms with Crippen molar-refractivity contribution in [3.05, 3.63) is 47.2 Å². The van der Waals surface area contributed by atoms with Crippen LogP contribution in [-0.2, 0) is 0 Å². The fourth-order valence-corrected chi connectivity index (χ4v) is 3.63. The van der Waals surface area contributed by atoms with Gasteiger partial charge in [0.25, 0.3) is 5.91 Å². The third-order valence-electron chi connectivity index (χ3n) is 4.96. The van der Waals surface area contributed by atoms with Gasteiger partial charge in [-0.1, -0.05) is 0 Å². The Morgan fingerprint density at radius 1 is 1.26 bits per heavy atom. The summed E-state index contributed by atoms with van der Waals surface area (Å²) in [4.78, 5) is 30.2. The first-order chi connectivity index (χ1) is 13.0. The van der Waals surface area contributed by atoms with Gasteiger partial charge in [0.05, 0.1) is 28.7 Å². The van der Waals surface area contributed by atoms with Gasteiger partial charge in [-0.25, -0.2) is 19.5 Å². The summed E-state index contributed by atoms with van der Waals surface area (Å²) in [7, 11) is 3.76. The highest BCUT2D eigenvalue weighted by molar-refractivity contribution is 5.95. The number of anilines is 1. The van der Waals surface area contributed by atoms with E-state index >= 15 is 0 Å². The number of carbonyl (C=O) groups excluding carboxylic acids is 1. The Labute approximate surface area is 157 Å². The van der Waals surface area contributed by atoms with Gasteiger partial charge in [0.15, 0.2) is 5.65 Å². The van der Waals surface area contributed by atoms with Crippen LogP contribution < -0.4 is 4.90 Å². The van der Waals surface area contributed by atoms with Gasteiger partial charge in [0.1, 0.15) is 0 Å². The van der Waals surface area contributed by atoms with Crippen LogP contribution in [-0.4, -0.2) is 56.0 Å². The first kappa shape index (κ1) is 17.4. The summed E-state index contributed by atoms with van der Waals surface area (Å²) in [5.41, 5.74) is 3.95. The minimum absolute atomic E-state index is 0.0322. The Hall–Kier alpha value is -3.03. The van der Waals surface area contributed by atoms with Gasteiger partial charge in [0.2, 0.25) is 5.95 Å². The van der Waals surface area contributed by atoms with E-state index < -0.39 is 0 Å². The molecule has 1 aliphatic rings. The normalized spacial score (nSPS) is 16.9. The zero-order valence-corrected chi connectivity index (χ0v) is 16.0. The average Bonchev–Trinajstić information content (AvgIpc) is 3.26. The van der Waals surface area contributed by atoms with Crippen molar-refractivity contribution >= 4 is 17.5 Å². The molecule has 1 amide bonds. The Morgan fingerprint density at radius 2 is 2.07 bits per heavy atom. The van der Waals surface area contributed by atoms with E-state index in [-0.39, 0.29) is 11.9 Å². The number of rotatable bonds is 3. The molecule has 8 heteroatoms. The molecule has 0 N–H and O–H groups in total. The lowest BCUT2D eigenvalue weighted by Crippen LogP contribution is -2.32. The number of amides is 1. The predicted molar refractivity (Wildman–Crippen MR) is 102 cm³/mol. The summed E-state index contributed by atoms with van der Waals surface area (Å²) >= 11 is 0. The monoisotopic (exact) mass is 365 g/mol. The van der Waals surface area contributed by atoms with Crippen molar-refractivity contribution in [2.24, 2.45) is 0 Å². The topological polar surface area (TPSA) is 79.5 Å². The number of nitrogens with zero attached hydrogens (tertiary/aromatic N) is 7. The van der Waals surface area contributed by atoms with Crippen LogP contribution in [0.4, 0.5) is 5.95 Å². The second-order valence-electron chi connectivity index (χ2n) is 7.15. The largest absolute Gasteiger partial charge is 0.347 e. The van der Waals surface area contributed by atoms with E-state index in [1.54, 1.807) is 12.4 Å². The van der Waals surface area contributed by atoms with Gasteiger partial charge >= 0.3 is 0 Å². The lowest BCUT2D eigenvalue weighted by molar-refractivity contribution is 0.0730. The molecule has 8 nitrogen and oxygen atoms in total. The zero-order chi connectivity index (χ0) is 19.1. The molecule has 4 heterocycles. The Morgan fingerprint density at radius 3 is 2.81 bits per heavy atom. The Balaban J connectivity index is 1.70. The number of aryl methyl sites for hydroxylation is 2. The molecule has 27 heavy (non-hydrogen) atoms. The predicted octanol–water partition coefficient (Wildman–Crippen LogP) is 2.18. The highest BCUT2D eigenvalue weighted by Gasteiger charge is 2.33. The van der Waals surface area contributed by atoms with E-state index in [0.717, 1.165) is 29.9 Å². The van der Waals surface area contributed by atoms with Crippen molar-refractivity contribution in [1.82, 2.24) is 29.5 Å². The van der Waals surface area contributed by atoms with E-state index in [9.17, 15) is 4.79 Å². The second kappa shape index (κ2) is 6.61. The molecule has 0 spiro atoms. The van der Waals surface area contributed by atoms with Crippen LogP contribution in [0.25, 0.3) is 5.65 Å². The van der Waals surface area contributed by atoms with Crippen molar-refractivity contribution in [1.29, 1.82) is 0 Å². The fourth-order valence-electron chi connectivity index (χ4n) is 3.63. The molecular formula is C19H23N7O. The van der Waals surface area contributed by atoms with Gasteiger partial charge in [-0.2, -0.15) is 5.10 Å². The molecule has 3 aromatic rings. The molecule has 1 unspecified atom stereocenters. The van der Waals surface area contributed by atoms with Crippen LogP contribution in [0.3, 0.4) is 0 Å². The summed E-state index contributed by atoms with van der Waals surface area (Å²) in [6.07, 6.45) is 5.28. The molecule has 140 valence electrons. The fraction of sp³-hybridized carbons (Fsp3) is 0.421. The first-order valence-electron chi connectivity index (χ1n) is 9.09. The third-order valence-corrected chi connectivity index (χ3v) is 4.96. The second-order valence-corrected chi connectivity index (χ2v) is 7.15. The highest BCUT2D eigenvalue weighted by atomic mass is 16.2. The van der Waals surface area contributed by atoms with E-state index in [0.29, 0.717) is 23.8 Å². The van der Waals surface area contributed by atoms with Crippen LogP contribution in [0.1, 0.15) is 46.3 Å². The van der Waals surface area contributed by atoms with Crippen LogP contribution >= 0.6 is 0 Å². The van der Waals surface area contributed by atoms with E-state index in [1.807, 2.05) is 54.4 Å². The molecule has 0 aliphatic carbocycles. The summed E-state index contributed by atoms with van der Waals surface area (Å²) in [5, 5.41) is 4.56. The van der Waals surface area contributed by atoms with Gasteiger partial charge in [0, 0.05) is 39.1 Å². The minimum atomic E-state index is -0.0332. The molecule has 1 fully saturated rings. The molecule has 3 aromatic heterocycles. The molecular weight excluding hydrogens is 342 g/mol. The summed E-state index contributed by atoms with van der Waals surface area (Å²) in [6.45, 7) is 4.51. The van der Waals surface area contributed by atoms with Gasteiger partial charge < -0.3 is 9.80 Å². The summed E-state index contributed by atoms with van der Waals surface area (Å²) in [6, 6.07) is 3.87. The number of fused-ring (bicyclic) bond motifs is 1. The molecule has 1 aliphatic heterocycles. The van der Waals surface area contributed by atoms with Crippen molar-refractivity contribution in [3.8, 4) is 0 Å². The van der Waals surface area contributed by atoms with Crippen molar-refractivity contribution in [2.45, 2.75) is 32.7 Å². The molecule has 1 saturated heterocycles. The molecule has 0 saturated carbocycles. The molecule has 0 radical (unpaired) electrons. The van der Waals surface area contributed by atoms with Gasteiger partial charge in [-0.05, 0) is 32.8 Å². The smallest absolute Gasteiger partial charge is 0.257 e. The molecule has 0 bridgehead atoms. The van der Waals surface area contributed by atoms with E-state index in [4.69, 9.17) is 0 Å². The van der Waals surface area contributed by atoms with Crippen LogP contribution in [0.2, 0.25) is 0 Å². The summed E-state index contributed by atoms with van der Waals surface area (Å²) in [5.74, 6) is 0.569. The zero-order valence-electron chi connectivity index (χ0n) is 16.0. The molecule has 0 aromatic carbocycles. The summed E-state index contributed by atoms with van der Waals surface area (Å²) < 4.78 is 1.85. The number of hydrogen-bond donors (Lipinski definition) is 0. The van der Waals surface area contributed by atoms with Gasteiger partial charge in [-0.3, -0.25) is 4.79 Å². The molecule has 1 atom stereocenters. The number of hydrogen-bond acceptors (Lipinski definition) is 6. The van der Waals surface area contributed by atoms with Gasteiger partial charge in [-0.15, -0.1) is 0 Å². The first-order valence-corrected chi connectivity index (χ1v) is 9.09. The van der Waals surface area contributed by atoms with Crippen molar-refractivity contribution < 1.29 is 4.79 Å². The lowest BCUT2D eigenvalue weighted by atomic mass is 10.1. The Kier molecular flexibility index (Phi) is 4.25. The van der Waals surface area contributed by atoms with Crippen molar-refractivity contribution in [3.63, 3.8) is 0 Å². The maximum Gasteiger partial charge on any atom is 0.257 e. The quantitative estimate of drug-likeness (QED) is 0.708. The number of likely N-dealkylation sites (tertiary alicyclic amines) is 1. The van der Waals surface area contributed by atoms with Crippen LogP contribution in [0.5, 0.6) is 0 Å². The maximum atomic E-state index is 13.3.